The van der Waals surface area contributed by atoms with Crippen LogP contribution < -0.4 is 14.9 Å². The van der Waals surface area contributed by atoms with Crippen LogP contribution in [0.1, 0.15) is 23.6 Å². The van der Waals surface area contributed by atoms with Crippen molar-refractivity contribution in [3.8, 4) is 11.5 Å². The molecule has 0 spiro atoms. The molecule has 0 aromatic heterocycles. The Balaban J connectivity index is 1.56. The third kappa shape index (κ3) is 7.35. The second kappa shape index (κ2) is 12.4. The second-order valence-corrected chi connectivity index (χ2v) is 9.47. The zero-order valence-electron chi connectivity index (χ0n) is 17.3. The molecule has 32 heavy (non-hydrogen) atoms. The van der Waals surface area contributed by atoms with Crippen LogP contribution in [-0.4, -0.2) is 18.7 Å². The molecule has 0 saturated heterocycles. The number of benzene rings is 3. The number of carbonyl (C=O) groups is 1. The molecule has 0 atom stereocenters. The molecule has 0 radical (unpaired) electrons. The molecule has 0 aliphatic carbocycles. The summed E-state index contributed by atoms with van der Waals surface area (Å²) >= 11 is 10.7. The topological polar surface area (TPSA) is 59.9 Å². The van der Waals surface area contributed by atoms with E-state index in [9.17, 15) is 4.79 Å². The minimum absolute atomic E-state index is 0.186. The minimum Gasteiger partial charge on any atom is -0.494 e. The molecule has 0 unspecified atom stereocenters. The molecule has 3 aromatic carbocycles. The number of hydrogen-bond acceptors (Lipinski definition) is 4. The average molecular weight is 675 g/mol. The Hall–Kier alpha value is -1.85. The summed E-state index contributed by atoms with van der Waals surface area (Å²) in [4.78, 5) is 12.2. The molecular weight excluding hydrogens is 654 g/mol. The standard InChI is InChI=1S/C24H21ClI2N2O3/c1-2-31-19-9-7-16(8-10-19)13-23(30)29-28-14-17-11-21(26)24(22(27)12-17)32-15-18-5-3-4-6-20(18)25/h3-12,14H,2,13,15H2,1H3,(H,29,30)/b28-14+. The van der Waals surface area contributed by atoms with Gasteiger partial charge in [-0.05, 0) is 93.6 Å². The number of rotatable bonds is 9. The fourth-order valence-electron chi connectivity index (χ4n) is 2.83. The summed E-state index contributed by atoms with van der Waals surface area (Å²) in [6, 6.07) is 19.0. The molecule has 3 aromatic rings. The van der Waals surface area contributed by atoms with Crippen molar-refractivity contribution in [2.24, 2.45) is 5.10 Å². The first-order valence-electron chi connectivity index (χ1n) is 9.85. The van der Waals surface area contributed by atoms with E-state index in [4.69, 9.17) is 21.1 Å². The maximum atomic E-state index is 12.2. The van der Waals surface area contributed by atoms with Crippen LogP contribution in [-0.2, 0) is 17.8 Å². The van der Waals surface area contributed by atoms with Gasteiger partial charge in [0.1, 0.15) is 18.1 Å². The van der Waals surface area contributed by atoms with Gasteiger partial charge in [0, 0.05) is 10.6 Å². The van der Waals surface area contributed by atoms with Crippen molar-refractivity contribution in [3.05, 3.63) is 89.5 Å². The van der Waals surface area contributed by atoms with Gasteiger partial charge in [0.25, 0.3) is 0 Å². The van der Waals surface area contributed by atoms with E-state index in [1.807, 2.05) is 67.6 Å². The highest BCUT2D eigenvalue weighted by Gasteiger charge is 2.10. The van der Waals surface area contributed by atoms with Crippen LogP contribution in [0.4, 0.5) is 0 Å². The lowest BCUT2D eigenvalue weighted by atomic mass is 10.1. The Morgan fingerprint density at radius 1 is 1.06 bits per heavy atom. The summed E-state index contributed by atoms with van der Waals surface area (Å²) in [7, 11) is 0. The molecule has 1 N–H and O–H groups in total. The quantitative estimate of drug-likeness (QED) is 0.167. The van der Waals surface area contributed by atoms with Crippen LogP contribution >= 0.6 is 56.8 Å². The summed E-state index contributed by atoms with van der Waals surface area (Å²) < 4.78 is 13.3. The van der Waals surface area contributed by atoms with Gasteiger partial charge in [-0.3, -0.25) is 4.79 Å². The Morgan fingerprint density at radius 2 is 1.75 bits per heavy atom. The van der Waals surface area contributed by atoms with Crippen LogP contribution in [0.3, 0.4) is 0 Å². The van der Waals surface area contributed by atoms with E-state index in [0.29, 0.717) is 18.2 Å². The fourth-order valence-corrected chi connectivity index (χ4v) is 5.15. The van der Waals surface area contributed by atoms with Gasteiger partial charge in [0.05, 0.1) is 26.4 Å². The van der Waals surface area contributed by atoms with E-state index in [1.54, 1.807) is 6.21 Å². The van der Waals surface area contributed by atoms with Crippen LogP contribution in [0.25, 0.3) is 0 Å². The zero-order valence-corrected chi connectivity index (χ0v) is 22.3. The van der Waals surface area contributed by atoms with E-state index in [0.717, 1.165) is 35.3 Å². The summed E-state index contributed by atoms with van der Waals surface area (Å²) in [6.45, 7) is 2.93. The van der Waals surface area contributed by atoms with Gasteiger partial charge in [-0.1, -0.05) is 41.9 Å². The van der Waals surface area contributed by atoms with Gasteiger partial charge < -0.3 is 9.47 Å². The Morgan fingerprint density at radius 3 is 2.41 bits per heavy atom. The molecule has 0 bridgehead atoms. The molecule has 3 rings (SSSR count). The number of nitrogens with zero attached hydrogens (tertiary/aromatic N) is 1. The predicted octanol–water partition coefficient (Wildman–Crippen LogP) is 6.22. The number of hydrogen-bond donors (Lipinski definition) is 1. The van der Waals surface area contributed by atoms with Gasteiger partial charge in [-0.25, -0.2) is 5.43 Å². The number of nitrogens with one attached hydrogen (secondary N) is 1. The van der Waals surface area contributed by atoms with Crippen LogP contribution in [0.15, 0.2) is 65.8 Å². The van der Waals surface area contributed by atoms with E-state index < -0.39 is 0 Å². The van der Waals surface area contributed by atoms with Crippen molar-refractivity contribution in [3.63, 3.8) is 0 Å². The number of hydrazone groups is 1. The highest BCUT2D eigenvalue weighted by atomic mass is 127. The molecule has 166 valence electrons. The molecule has 8 heteroatoms. The highest BCUT2D eigenvalue weighted by Crippen LogP contribution is 2.30. The number of ether oxygens (including phenoxy) is 2. The number of carbonyl (C=O) groups excluding carboxylic acids is 1. The smallest absolute Gasteiger partial charge is 0.244 e. The second-order valence-electron chi connectivity index (χ2n) is 6.74. The molecule has 0 fully saturated rings. The summed E-state index contributed by atoms with van der Waals surface area (Å²) in [6.07, 6.45) is 1.87. The first-order chi connectivity index (χ1) is 15.5. The third-order valence-corrected chi connectivity index (χ3v) is 6.32. The normalized spacial score (nSPS) is 10.9. The van der Waals surface area contributed by atoms with E-state index in [1.165, 1.54) is 0 Å². The SMILES string of the molecule is CCOc1ccc(CC(=O)N/N=C/c2cc(I)c(OCc3ccccc3Cl)c(I)c2)cc1. The lowest BCUT2D eigenvalue weighted by molar-refractivity contribution is -0.120. The van der Waals surface area contributed by atoms with Crippen molar-refractivity contribution in [1.29, 1.82) is 0 Å². The van der Waals surface area contributed by atoms with Crippen LogP contribution in [0.2, 0.25) is 5.02 Å². The highest BCUT2D eigenvalue weighted by molar-refractivity contribution is 14.1. The molecular formula is C24H21ClI2N2O3. The Labute approximate surface area is 219 Å². The van der Waals surface area contributed by atoms with Gasteiger partial charge in [-0.2, -0.15) is 5.10 Å². The predicted molar refractivity (Wildman–Crippen MR) is 145 cm³/mol. The van der Waals surface area contributed by atoms with Crippen LogP contribution in [0, 0.1) is 7.14 Å². The number of halogens is 3. The zero-order chi connectivity index (χ0) is 22.9. The monoisotopic (exact) mass is 674 g/mol. The molecule has 0 saturated carbocycles. The maximum Gasteiger partial charge on any atom is 0.244 e. The van der Waals surface area contributed by atoms with E-state index >= 15 is 0 Å². The van der Waals surface area contributed by atoms with Gasteiger partial charge in [0.2, 0.25) is 5.91 Å². The third-order valence-electron chi connectivity index (χ3n) is 4.35. The molecule has 0 aliphatic rings. The van der Waals surface area contributed by atoms with Gasteiger partial charge in [0.15, 0.2) is 0 Å². The van der Waals surface area contributed by atoms with E-state index in [-0.39, 0.29) is 12.3 Å². The summed E-state index contributed by atoms with van der Waals surface area (Å²) in [5, 5.41) is 4.77. The van der Waals surface area contributed by atoms with Crippen molar-refractivity contribution >= 4 is 68.9 Å². The van der Waals surface area contributed by atoms with Crippen molar-refractivity contribution in [1.82, 2.24) is 5.43 Å². The van der Waals surface area contributed by atoms with Gasteiger partial charge >= 0.3 is 0 Å². The first-order valence-corrected chi connectivity index (χ1v) is 12.4. The van der Waals surface area contributed by atoms with Crippen LogP contribution in [0.5, 0.6) is 11.5 Å². The lowest BCUT2D eigenvalue weighted by Gasteiger charge is -2.12. The largest absolute Gasteiger partial charge is 0.494 e. The molecule has 0 aliphatic heterocycles. The van der Waals surface area contributed by atoms with Crippen molar-refractivity contribution < 1.29 is 14.3 Å². The summed E-state index contributed by atoms with van der Waals surface area (Å²) in [5.41, 5.74) is 5.27. The van der Waals surface area contributed by atoms with Gasteiger partial charge in [-0.15, -0.1) is 0 Å². The van der Waals surface area contributed by atoms with Crippen molar-refractivity contribution in [2.75, 3.05) is 6.61 Å². The lowest BCUT2D eigenvalue weighted by Crippen LogP contribution is -2.19. The summed E-state index contributed by atoms with van der Waals surface area (Å²) in [5.74, 6) is 1.40. The molecule has 0 heterocycles. The maximum absolute atomic E-state index is 12.2. The fraction of sp³-hybridized carbons (Fsp3) is 0.167. The number of amides is 1. The first kappa shape index (κ1) is 24.8. The molecule has 1 amide bonds. The Bertz CT molecular complexity index is 1080. The average Bonchev–Trinajstić information content (AvgIpc) is 2.76. The van der Waals surface area contributed by atoms with Crippen molar-refractivity contribution in [2.45, 2.75) is 20.0 Å². The molecule has 5 nitrogen and oxygen atoms in total. The van der Waals surface area contributed by atoms with E-state index in [2.05, 4.69) is 55.7 Å². The Kier molecular flexibility index (Phi) is 9.61. The minimum atomic E-state index is -0.186.